The van der Waals surface area contributed by atoms with Gasteiger partial charge in [-0.2, -0.15) is 0 Å². The Hall–Kier alpha value is -1.41. The molecule has 1 aliphatic carbocycles. The van der Waals surface area contributed by atoms with Crippen LogP contribution in [0.2, 0.25) is 0 Å². The maximum absolute atomic E-state index is 13.2. The number of hydrogen-bond donors (Lipinski definition) is 0. The predicted molar refractivity (Wildman–Crippen MR) is 72.2 cm³/mol. The van der Waals surface area contributed by atoms with Gasteiger partial charge in [-0.1, -0.05) is 36.4 Å². The van der Waals surface area contributed by atoms with Gasteiger partial charge in [0.25, 0.3) is 0 Å². The molecule has 0 spiro atoms. The van der Waals surface area contributed by atoms with Crippen LogP contribution in [0.4, 0.5) is 8.78 Å². The van der Waals surface area contributed by atoms with E-state index in [9.17, 15) is 8.78 Å². The zero-order valence-corrected chi connectivity index (χ0v) is 10.9. The Kier molecular flexibility index (Phi) is 3.28. The Bertz CT molecular complexity index is 583. The van der Waals surface area contributed by atoms with Gasteiger partial charge < -0.3 is 0 Å². The molecule has 3 atom stereocenters. The second kappa shape index (κ2) is 4.93. The Morgan fingerprint density at radius 3 is 2.42 bits per heavy atom. The first-order valence-corrected chi connectivity index (χ1v) is 6.74. The van der Waals surface area contributed by atoms with Crippen molar-refractivity contribution in [1.82, 2.24) is 0 Å². The largest absolute Gasteiger partial charge is 0.204 e. The Morgan fingerprint density at radius 2 is 1.74 bits per heavy atom. The molecule has 0 aromatic heterocycles. The molecule has 3 unspecified atom stereocenters. The van der Waals surface area contributed by atoms with Gasteiger partial charge >= 0.3 is 0 Å². The van der Waals surface area contributed by atoms with Crippen molar-refractivity contribution >= 4 is 11.6 Å². The van der Waals surface area contributed by atoms with Gasteiger partial charge in [0.05, 0.1) is 5.38 Å². The van der Waals surface area contributed by atoms with E-state index in [2.05, 4.69) is 12.1 Å². The summed E-state index contributed by atoms with van der Waals surface area (Å²) in [6.07, 6.45) is 0.997. The molecular formula is C16H13ClF2. The van der Waals surface area contributed by atoms with Crippen LogP contribution in [0.1, 0.15) is 28.8 Å². The maximum atomic E-state index is 13.2. The molecule has 1 fully saturated rings. The van der Waals surface area contributed by atoms with Gasteiger partial charge in [-0.3, -0.25) is 0 Å². The van der Waals surface area contributed by atoms with E-state index >= 15 is 0 Å². The maximum Gasteiger partial charge on any atom is 0.159 e. The molecule has 1 saturated carbocycles. The second-order valence-electron chi connectivity index (χ2n) is 4.99. The summed E-state index contributed by atoms with van der Waals surface area (Å²) in [4.78, 5) is 0. The monoisotopic (exact) mass is 278 g/mol. The first kappa shape index (κ1) is 12.6. The fraction of sp³-hybridized carbons (Fsp3) is 0.250. The highest BCUT2D eigenvalue weighted by atomic mass is 35.5. The number of rotatable bonds is 3. The van der Waals surface area contributed by atoms with Crippen molar-refractivity contribution in [2.75, 3.05) is 0 Å². The summed E-state index contributed by atoms with van der Waals surface area (Å²) in [5, 5.41) is -0.264. The molecule has 98 valence electrons. The minimum Gasteiger partial charge on any atom is -0.204 e. The minimum atomic E-state index is -0.833. The summed E-state index contributed by atoms with van der Waals surface area (Å²) in [6.45, 7) is 0. The topological polar surface area (TPSA) is 0 Å². The van der Waals surface area contributed by atoms with E-state index in [1.807, 2.05) is 18.2 Å². The summed E-state index contributed by atoms with van der Waals surface area (Å²) in [5.41, 5.74) is 1.92. The van der Waals surface area contributed by atoms with Gasteiger partial charge in [0.2, 0.25) is 0 Å². The Morgan fingerprint density at radius 1 is 1.00 bits per heavy atom. The van der Waals surface area contributed by atoms with E-state index in [-0.39, 0.29) is 5.38 Å². The summed E-state index contributed by atoms with van der Waals surface area (Å²) in [6, 6.07) is 14.1. The van der Waals surface area contributed by atoms with E-state index in [4.69, 9.17) is 11.6 Å². The molecule has 0 aliphatic heterocycles. The zero-order valence-electron chi connectivity index (χ0n) is 10.2. The lowest BCUT2D eigenvalue weighted by Crippen LogP contribution is -1.97. The van der Waals surface area contributed by atoms with Crippen LogP contribution in [-0.4, -0.2) is 0 Å². The van der Waals surface area contributed by atoms with Gasteiger partial charge in [-0.25, -0.2) is 8.78 Å². The quantitative estimate of drug-likeness (QED) is 0.689. The van der Waals surface area contributed by atoms with Crippen molar-refractivity contribution in [3.8, 4) is 0 Å². The highest BCUT2D eigenvalue weighted by Gasteiger charge is 2.43. The number of halogens is 3. The third-order valence-corrected chi connectivity index (χ3v) is 4.28. The molecule has 3 heteroatoms. The van der Waals surface area contributed by atoms with Crippen LogP contribution in [0.5, 0.6) is 0 Å². The fourth-order valence-corrected chi connectivity index (χ4v) is 2.97. The number of hydrogen-bond acceptors (Lipinski definition) is 0. The van der Waals surface area contributed by atoms with E-state index in [1.165, 1.54) is 11.6 Å². The summed E-state index contributed by atoms with van der Waals surface area (Å²) in [5.74, 6) is -0.936. The minimum absolute atomic E-state index is 0.264. The lowest BCUT2D eigenvalue weighted by Gasteiger charge is -2.10. The van der Waals surface area contributed by atoms with E-state index in [0.717, 1.165) is 12.5 Å². The van der Waals surface area contributed by atoms with Crippen LogP contribution < -0.4 is 0 Å². The van der Waals surface area contributed by atoms with Crippen LogP contribution in [0.15, 0.2) is 48.5 Å². The lowest BCUT2D eigenvalue weighted by molar-refractivity contribution is 0.506. The van der Waals surface area contributed by atoms with E-state index in [1.54, 1.807) is 6.07 Å². The standard InChI is InChI=1S/C16H13ClF2/c17-16(11-6-7-14(18)15(19)8-11)13-9-12(13)10-4-2-1-3-5-10/h1-8,12-13,16H,9H2. The molecule has 0 radical (unpaired) electrons. The Labute approximate surface area is 116 Å². The van der Waals surface area contributed by atoms with Crippen LogP contribution >= 0.6 is 11.6 Å². The van der Waals surface area contributed by atoms with Gasteiger partial charge in [0.1, 0.15) is 0 Å². The number of alkyl halides is 1. The van der Waals surface area contributed by atoms with Crippen molar-refractivity contribution < 1.29 is 8.78 Å². The fourth-order valence-electron chi connectivity index (χ4n) is 2.55. The van der Waals surface area contributed by atoms with Crippen molar-refractivity contribution in [1.29, 1.82) is 0 Å². The summed E-state index contributed by atoms with van der Waals surface area (Å²) >= 11 is 6.38. The average Bonchev–Trinajstić information content (AvgIpc) is 3.22. The molecule has 19 heavy (non-hydrogen) atoms. The molecule has 0 amide bonds. The van der Waals surface area contributed by atoms with Crippen LogP contribution in [0.25, 0.3) is 0 Å². The highest BCUT2D eigenvalue weighted by molar-refractivity contribution is 6.21. The SMILES string of the molecule is Fc1ccc(C(Cl)C2CC2c2ccccc2)cc1F. The van der Waals surface area contributed by atoms with Crippen molar-refractivity contribution in [3.63, 3.8) is 0 Å². The van der Waals surface area contributed by atoms with E-state index in [0.29, 0.717) is 17.4 Å². The first-order chi connectivity index (χ1) is 9.16. The summed E-state index contributed by atoms with van der Waals surface area (Å²) < 4.78 is 26.1. The third kappa shape index (κ3) is 2.50. The van der Waals surface area contributed by atoms with Crippen LogP contribution in [-0.2, 0) is 0 Å². The van der Waals surface area contributed by atoms with Crippen molar-refractivity contribution in [3.05, 3.63) is 71.3 Å². The van der Waals surface area contributed by atoms with Crippen LogP contribution in [0, 0.1) is 17.6 Å². The highest BCUT2D eigenvalue weighted by Crippen LogP contribution is 2.56. The molecule has 0 saturated heterocycles. The predicted octanol–water partition coefficient (Wildman–Crippen LogP) is 5.05. The van der Waals surface area contributed by atoms with Gasteiger partial charge in [0, 0.05) is 0 Å². The van der Waals surface area contributed by atoms with Gasteiger partial charge in [-0.05, 0) is 41.5 Å². The normalized spacial score (nSPS) is 23.1. The molecule has 0 bridgehead atoms. The molecular weight excluding hydrogens is 266 g/mol. The number of benzene rings is 2. The summed E-state index contributed by atoms with van der Waals surface area (Å²) in [7, 11) is 0. The smallest absolute Gasteiger partial charge is 0.159 e. The van der Waals surface area contributed by atoms with Gasteiger partial charge in [-0.15, -0.1) is 11.6 Å². The average molecular weight is 279 g/mol. The first-order valence-electron chi connectivity index (χ1n) is 6.31. The van der Waals surface area contributed by atoms with Crippen molar-refractivity contribution in [2.24, 2.45) is 5.92 Å². The zero-order chi connectivity index (χ0) is 13.4. The third-order valence-electron chi connectivity index (χ3n) is 3.71. The molecule has 3 rings (SSSR count). The van der Waals surface area contributed by atoms with Crippen LogP contribution in [0.3, 0.4) is 0 Å². The molecule has 0 heterocycles. The van der Waals surface area contributed by atoms with E-state index < -0.39 is 11.6 Å². The molecule has 2 aromatic carbocycles. The molecule has 0 N–H and O–H groups in total. The van der Waals surface area contributed by atoms with Gasteiger partial charge in [0.15, 0.2) is 11.6 Å². The molecule has 0 nitrogen and oxygen atoms in total. The Balaban J connectivity index is 1.76. The van der Waals surface area contributed by atoms with Crippen molar-refractivity contribution in [2.45, 2.75) is 17.7 Å². The molecule has 2 aromatic rings. The molecule has 1 aliphatic rings. The lowest BCUT2D eigenvalue weighted by atomic mass is 10.0. The second-order valence-corrected chi connectivity index (χ2v) is 5.46.